The van der Waals surface area contributed by atoms with Gasteiger partial charge in [0.05, 0.1) is 22.0 Å². The van der Waals surface area contributed by atoms with Gasteiger partial charge in [-0.1, -0.05) is 68.1 Å². The van der Waals surface area contributed by atoms with Crippen molar-refractivity contribution < 1.29 is 0 Å². The Morgan fingerprint density at radius 1 is 1.03 bits per heavy atom. The van der Waals surface area contributed by atoms with E-state index in [-0.39, 0.29) is 11.1 Å². The SMILES string of the molecule is CC(C)Cn1c(SCc2nc3scc(-c4ccccc4)c3c(=O)[nH]2)nc2ccccc2c1=O. The summed E-state index contributed by atoms with van der Waals surface area (Å²) in [5, 5.41) is 3.83. The highest BCUT2D eigenvalue weighted by molar-refractivity contribution is 7.98. The van der Waals surface area contributed by atoms with Crippen LogP contribution in [0.4, 0.5) is 0 Å². The quantitative estimate of drug-likeness (QED) is 0.266. The molecule has 3 aromatic heterocycles. The minimum atomic E-state index is -0.151. The van der Waals surface area contributed by atoms with E-state index >= 15 is 0 Å². The molecule has 0 amide bonds. The highest BCUT2D eigenvalue weighted by Crippen LogP contribution is 2.31. The lowest BCUT2D eigenvalue weighted by molar-refractivity contribution is 0.475. The van der Waals surface area contributed by atoms with E-state index in [1.54, 1.807) is 4.57 Å². The zero-order valence-electron chi connectivity index (χ0n) is 18.2. The number of hydrogen-bond donors (Lipinski definition) is 1. The third-order valence-electron chi connectivity index (χ3n) is 5.29. The van der Waals surface area contributed by atoms with Gasteiger partial charge in [0.1, 0.15) is 10.7 Å². The lowest BCUT2D eigenvalue weighted by Gasteiger charge is -2.14. The van der Waals surface area contributed by atoms with E-state index in [0.29, 0.717) is 50.3 Å². The smallest absolute Gasteiger partial charge is 0.262 e. The van der Waals surface area contributed by atoms with Crippen molar-refractivity contribution in [2.24, 2.45) is 5.92 Å². The monoisotopic (exact) mass is 474 g/mol. The van der Waals surface area contributed by atoms with Crippen molar-refractivity contribution in [1.29, 1.82) is 0 Å². The molecule has 2 aromatic carbocycles. The van der Waals surface area contributed by atoms with Gasteiger partial charge in [0.25, 0.3) is 11.1 Å². The largest absolute Gasteiger partial charge is 0.309 e. The Hall–Kier alpha value is -3.23. The van der Waals surface area contributed by atoms with Crippen LogP contribution in [0, 0.1) is 5.92 Å². The lowest BCUT2D eigenvalue weighted by Crippen LogP contribution is -2.25. The number of aromatic nitrogens is 4. The maximum Gasteiger partial charge on any atom is 0.262 e. The molecule has 0 aliphatic carbocycles. The first-order chi connectivity index (χ1) is 16.0. The molecule has 0 aliphatic rings. The summed E-state index contributed by atoms with van der Waals surface area (Å²) in [4.78, 5) is 39.1. The molecule has 33 heavy (non-hydrogen) atoms. The molecular formula is C25H22N4O2S2. The van der Waals surface area contributed by atoms with E-state index in [1.807, 2.05) is 60.0 Å². The molecule has 0 aliphatic heterocycles. The van der Waals surface area contributed by atoms with Crippen molar-refractivity contribution in [2.75, 3.05) is 0 Å². The van der Waals surface area contributed by atoms with Gasteiger partial charge in [0.2, 0.25) is 0 Å². The zero-order chi connectivity index (χ0) is 22.9. The summed E-state index contributed by atoms with van der Waals surface area (Å²) >= 11 is 2.88. The van der Waals surface area contributed by atoms with Crippen LogP contribution in [0.5, 0.6) is 0 Å². The molecule has 3 heterocycles. The fourth-order valence-electron chi connectivity index (χ4n) is 3.81. The molecule has 0 atom stereocenters. The molecule has 0 bridgehead atoms. The molecular weight excluding hydrogens is 452 g/mol. The van der Waals surface area contributed by atoms with E-state index in [0.717, 1.165) is 11.1 Å². The van der Waals surface area contributed by atoms with Gasteiger partial charge in [0, 0.05) is 17.5 Å². The molecule has 0 saturated heterocycles. The molecule has 0 saturated carbocycles. The highest BCUT2D eigenvalue weighted by Gasteiger charge is 2.16. The molecule has 1 N–H and O–H groups in total. The van der Waals surface area contributed by atoms with Crippen molar-refractivity contribution >= 4 is 44.2 Å². The number of benzene rings is 2. The summed E-state index contributed by atoms with van der Waals surface area (Å²) in [6, 6.07) is 17.2. The Morgan fingerprint density at radius 2 is 1.79 bits per heavy atom. The maximum atomic E-state index is 13.1. The molecule has 8 heteroatoms. The van der Waals surface area contributed by atoms with E-state index in [1.165, 1.54) is 23.1 Å². The second-order valence-corrected chi connectivity index (χ2v) is 10.0. The van der Waals surface area contributed by atoms with Gasteiger partial charge in [-0.05, 0) is 23.6 Å². The predicted octanol–water partition coefficient (Wildman–Crippen LogP) is 5.31. The van der Waals surface area contributed by atoms with Crippen LogP contribution >= 0.6 is 23.1 Å². The number of fused-ring (bicyclic) bond motifs is 2. The molecule has 6 nitrogen and oxygen atoms in total. The van der Waals surface area contributed by atoms with Crippen molar-refractivity contribution in [1.82, 2.24) is 19.5 Å². The number of nitrogens with one attached hydrogen (secondary N) is 1. The topological polar surface area (TPSA) is 80.6 Å². The minimum absolute atomic E-state index is 0.0422. The molecule has 5 rings (SSSR count). The number of thioether (sulfide) groups is 1. The van der Waals surface area contributed by atoms with Crippen LogP contribution in [0.15, 0.2) is 74.7 Å². The normalized spacial score (nSPS) is 11.6. The Labute approximate surface area is 198 Å². The van der Waals surface area contributed by atoms with Gasteiger partial charge < -0.3 is 4.98 Å². The number of para-hydroxylation sites is 1. The molecule has 0 radical (unpaired) electrons. The molecule has 0 fully saturated rings. The number of H-pyrrole nitrogens is 1. The summed E-state index contributed by atoms with van der Waals surface area (Å²) in [5.74, 6) is 1.27. The van der Waals surface area contributed by atoms with Crippen LogP contribution in [-0.2, 0) is 12.3 Å². The number of thiophene rings is 1. The van der Waals surface area contributed by atoms with Crippen molar-refractivity contribution in [3.05, 3.63) is 86.5 Å². The van der Waals surface area contributed by atoms with Crippen LogP contribution in [0.1, 0.15) is 19.7 Å². The first kappa shape index (κ1) is 21.6. The molecule has 166 valence electrons. The fraction of sp³-hybridized carbons (Fsp3) is 0.200. The average Bonchev–Trinajstić information content (AvgIpc) is 3.25. The van der Waals surface area contributed by atoms with E-state index in [2.05, 4.69) is 18.8 Å². The molecule has 0 unspecified atom stereocenters. The van der Waals surface area contributed by atoms with E-state index < -0.39 is 0 Å². The first-order valence-electron chi connectivity index (χ1n) is 10.7. The van der Waals surface area contributed by atoms with Crippen LogP contribution in [0.2, 0.25) is 0 Å². The van der Waals surface area contributed by atoms with Crippen molar-refractivity contribution in [2.45, 2.75) is 31.3 Å². The fourth-order valence-corrected chi connectivity index (χ4v) is 5.65. The Bertz CT molecular complexity index is 1570. The van der Waals surface area contributed by atoms with Gasteiger partial charge in [-0.15, -0.1) is 11.3 Å². The minimum Gasteiger partial charge on any atom is -0.309 e. The first-order valence-corrected chi connectivity index (χ1v) is 12.6. The third-order valence-corrected chi connectivity index (χ3v) is 7.15. The summed E-state index contributed by atoms with van der Waals surface area (Å²) in [6.45, 7) is 4.72. The average molecular weight is 475 g/mol. The number of nitrogens with zero attached hydrogens (tertiary/aromatic N) is 3. The standard InChI is InChI=1S/C25H22N4O2S2/c1-15(2)12-29-24(31)17-10-6-7-11-19(17)26-25(29)33-14-20-27-22(30)21-18(13-32-23(21)28-20)16-8-4-3-5-9-16/h3-11,13,15H,12,14H2,1-2H3,(H,27,28,30). The van der Waals surface area contributed by atoms with Gasteiger partial charge in [0.15, 0.2) is 5.16 Å². The summed E-state index contributed by atoms with van der Waals surface area (Å²) < 4.78 is 1.73. The van der Waals surface area contributed by atoms with Crippen molar-refractivity contribution in [3.63, 3.8) is 0 Å². The number of aromatic amines is 1. The highest BCUT2D eigenvalue weighted by atomic mass is 32.2. The maximum absolute atomic E-state index is 13.1. The summed E-state index contributed by atoms with van der Waals surface area (Å²) in [7, 11) is 0. The van der Waals surface area contributed by atoms with E-state index in [9.17, 15) is 9.59 Å². The lowest BCUT2D eigenvalue weighted by atomic mass is 10.1. The van der Waals surface area contributed by atoms with Crippen LogP contribution in [0.3, 0.4) is 0 Å². The third kappa shape index (κ3) is 4.24. The second kappa shape index (κ2) is 8.96. The molecule has 5 aromatic rings. The summed E-state index contributed by atoms with van der Waals surface area (Å²) in [6.07, 6.45) is 0. The summed E-state index contributed by atoms with van der Waals surface area (Å²) in [5.41, 5.74) is 2.37. The van der Waals surface area contributed by atoms with Crippen LogP contribution in [-0.4, -0.2) is 19.5 Å². The number of rotatable bonds is 6. The Balaban J connectivity index is 1.50. The van der Waals surface area contributed by atoms with Crippen molar-refractivity contribution in [3.8, 4) is 11.1 Å². The van der Waals surface area contributed by atoms with Gasteiger partial charge in [-0.2, -0.15) is 0 Å². The van der Waals surface area contributed by atoms with Gasteiger partial charge >= 0.3 is 0 Å². The van der Waals surface area contributed by atoms with E-state index in [4.69, 9.17) is 9.97 Å². The van der Waals surface area contributed by atoms with Gasteiger partial charge in [-0.3, -0.25) is 14.2 Å². The van der Waals surface area contributed by atoms with Crippen LogP contribution < -0.4 is 11.1 Å². The van der Waals surface area contributed by atoms with Crippen LogP contribution in [0.25, 0.3) is 32.2 Å². The van der Waals surface area contributed by atoms with Gasteiger partial charge in [-0.25, -0.2) is 9.97 Å². The Morgan fingerprint density at radius 3 is 2.58 bits per heavy atom. The number of hydrogen-bond acceptors (Lipinski definition) is 6. The Kier molecular flexibility index (Phi) is 5.86. The predicted molar refractivity (Wildman–Crippen MR) is 136 cm³/mol. The second-order valence-electron chi connectivity index (χ2n) is 8.22. The zero-order valence-corrected chi connectivity index (χ0v) is 19.9. The molecule has 0 spiro atoms.